The van der Waals surface area contributed by atoms with Crippen molar-refractivity contribution in [3.05, 3.63) is 86.0 Å². The van der Waals surface area contributed by atoms with Crippen molar-refractivity contribution in [1.29, 1.82) is 0 Å². The maximum Gasteiger partial charge on any atom is 0.263 e. The summed E-state index contributed by atoms with van der Waals surface area (Å²) in [5.74, 6) is -0.511. The number of rotatable bonds is 6. The Morgan fingerprint density at radius 2 is 2.00 bits per heavy atom. The van der Waals surface area contributed by atoms with Crippen LogP contribution in [-0.2, 0) is 0 Å². The Morgan fingerprint density at radius 3 is 2.61 bits per heavy atom. The molecule has 0 spiro atoms. The molecule has 1 atom stereocenters. The van der Waals surface area contributed by atoms with Crippen molar-refractivity contribution >= 4 is 21.8 Å². The summed E-state index contributed by atoms with van der Waals surface area (Å²) in [6, 6.07) is 9.08. The zero-order chi connectivity index (χ0) is 22.7. The second-order valence-electron chi connectivity index (χ2n) is 7.10. The first-order valence-electron chi connectivity index (χ1n) is 9.78. The van der Waals surface area contributed by atoms with Crippen molar-refractivity contribution in [3.8, 4) is 11.1 Å². The van der Waals surface area contributed by atoms with Gasteiger partial charge in [-0.15, -0.1) is 0 Å². The number of carbonyl (C=O) groups excluding carboxylic acids is 1. The number of alkyl halides is 2. The molecule has 0 bridgehead atoms. The quantitative estimate of drug-likeness (QED) is 0.512. The molecular formula is C23H22BrF2N3O2. The monoisotopic (exact) mass is 489 g/mol. The maximum atomic E-state index is 13.3. The van der Waals surface area contributed by atoms with E-state index in [2.05, 4.69) is 26.2 Å². The van der Waals surface area contributed by atoms with Crippen LogP contribution in [0.5, 0.6) is 0 Å². The number of carbonyl (C=O) groups is 1. The van der Waals surface area contributed by atoms with E-state index in [0.29, 0.717) is 17.8 Å². The summed E-state index contributed by atoms with van der Waals surface area (Å²) >= 11 is 3.36. The van der Waals surface area contributed by atoms with E-state index in [0.717, 1.165) is 10.2 Å². The zero-order valence-electron chi connectivity index (χ0n) is 17.3. The van der Waals surface area contributed by atoms with E-state index >= 15 is 0 Å². The summed E-state index contributed by atoms with van der Waals surface area (Å²) in [5.41, 5.74) is 1.11. The van der Waals surface area contributed by atoms with Crippen LogP contribution in [0.25, 0.3) is 11.1 Å². The summed E-state index contributed by atoms with van der Waals surface area (Å²) in [6.45, 7) is 5.75. The number of nitrogens with zero attached hydrogens (tertiary/aromatic N) is 2. The van der Waals surface area contributed by atoms with Gasteiger partial charge in [-0.05, 0) is 60.5 Å². The van der Waals surface area contributed by atoms with Crippen LogP contribution >= 0.6 is 15.9 Å². The molecule has 3 aromatic rings. The SMILES string of the molecule is CCNC(=O)c1cn(C(C)c2ccc(Br)cn2)c(C)c(-c2cccc(C(F)F)c2)c1=O. The smallest absolute Gasteiger partial charge is 0.263 e. The summed E-state index contributed by atoms with van der Waals surface area (Å²) in [6.07, 6.45) is 0.513. The first kappa shape index (κ1) is 22.8. The highest BCUT2D eigenvalue weighted by atomic mass is 79.9. The fourth-order valence-electron chi connectivity index (χ4n) is 3.49. The number of hydrogen-bond donors (Lipinski definition) is 1. The van der Waals surface area contributed by atoms with Gasteiger partial charge in [0.05, 0.1) is 11.7 Å². The Bertz CT molecular complexity index is 1160. The number of pyridine rings is 2. The van der Waals surface area contributed by atoms with E-state index in [-0.39, 0.29) is 22.7 Å². The zero-order valence-corrected chi connectivity index (χ0v) is 18.9. The molecule has 0 fully saturated rings. The van der Waals surface area contributed by atoms with Crippen LogP contribution < -0.4 is 10.7 Å². The number of benzene rings is 1. The van der Waals surface area contributed by atoms with Gasteiger partial charge in [-0.3, -0.25) is 14.6 Å². The van der Waals surface area contributed by atoms with Crippen LogP contribution in [0.4, 0.5) is 8.78 Å². The molecule has 0 saturated heterocycles. The van der Waals surface area contributed by atoms with E-state index in [9.17, 15) is 18.4 Å². The first-order valence-corrected chi connectivity index (χ1v) is 10.6. The second-order valence-corrected chi connectivity index (χ2v) is 8.02. The predicted molar refractivity (Wildman–Crippen MR) is 120 cm³/mol. The molecule has 2 heterocycles. The molecule has 0 aliphatic rings. The number of hydrogen-bond acceptors (Lipinski definition) is 3. The normalized spacial score (nSPS) is 12.1. The van der Waals surface area contributed by atoms with Gasteiger partial charge in [-0.2, -0.15) is 0 Å². The fraction of sp³-hybridized carbons (Fsp3) is 0.261. The van der Waals surface area contributed by atoms with Crippen LogP contribution in [-0.4, -0.2) is 22.0 Å². The van der Waals surface area contributed by atoms with Crippen molar-refractivity contribution in [2.75, 3.05) is 6.54 Å². The van der Waals surface area contributed by atoms with Crippen molar-refractivity contribution < 1.29 is 13.6 Å². The van der Waals surface area contributed by atoms with Gasteiger partial charge >= 0.3 is 0 Å². The van der Waals surface area contributed by atoms with Gasteiger partial charge in [0, 0.05) is 40.2 Å². The minimum atomic E-state index is -2.67. The molecule has 0 radical (unpaired) electrons. The molecule has 0 aliphatic carbocycles. The lowest BCUT2D eigenvalue weighted by molar-refractivity contribution is 0.0954. The van der Waals surface area contributed by atoms with Crippen LogP contribution in [0.15, 0.2) is 58.1 Å². The molecule has 5 nitrogen and oxygen atoms in total. The van der Waals surface area contributed by atoms with Crippen LogP contribution in [0.3, 0.4) is 0 Å². The van der Waals surface area contributed by atoms with Crippen molar-refractivity contribution in [2.45, 2.75) is 33.2 Å². The molecule has 0 saturated carbocycles. The fourth-order valence-corrected chi connectivity index (χ4v) is 3.72. The van der Waals surface area contributed by atoms with Gasteiger partial charge in [0.25, 0.3) is 12.3 Å². The van der Waals surface area contributed by atoms with Gasteiger partial charge < -0.3 is 9.88 Å². The lowest BCUT2D eigenvalue weighted by Gasteiger charge is -2.22. The summed E-state index contributed by atoms with van der Waals surface area (Å²) in [5, 5.41) is 2.65. The molecule has 2 aromatic heterocycles. The van der Waals surface area contributed by atoms with Gasteiger partial charge in [0.2, 0.25) is 5.43 Å². The van der Waals surface area contributed by atoms with E-state index < -0.39 is 17.8 Å². The third-order valence-electron chi connectivity index (χ3n) is 5.09. The molecule has 1 aromatic carbocycles. The van der Waals surface area contributed by atoms with Crippen molar-refractivity contribution in [3.63, 3.8) is 0 Å². The Morgan fingerprint density at radius 1 is 1.26 bits per heavy atom. The second kappa shape index (κ2) is 9.51. The van der Waals surface area contributed by atoms with Gasteiger partial charge in [0.1, 0.15) is 5.56 Å². The van der Waals surface area contributed by atoms with Crippen LogP contribution in [0.2, 0.25) is 0 Å². The summed E-state index contributed by atoms with van der Waals surface area (Å²) in [4.78, 5) is 30.3. The molecule has 3 rings (SSSR count). The van der Waals surface area contributed by atoms with Crippen LogP contribution in [0, 0.1) is 6.92 Å². The molecular weight excluding hydrogens is 468 g/mol. The first-order chi connectivity index (χ1) is 14.7. The third-order valence-corrected chi connectivity index (χ3v) is 5.56. The molecule has 1 N–H and O–H groups in total. The molecule has 31 heavy (non-hydrogen) atoms. The Balaban J connectivity index is 2.27. The van der Waals surface area contributed by atoms with Crippen molar-refractivity contribution in [2.24, 2.45) is 0 Å². The standard InChI is InChI=1S/C23H22BrF2N3O2/c1-4-27-23(31)18-12-29(13(2)19-9-8-17(24)11-28-19)14(3)20(21(18)30)15-6-5-7-16(10-15)22(25)26/h5-13,22H,4H2,1-3H3,(H,27,31). The Labute approximate surface area is 187 Å². The van der Waals surface area contributed by atoms with E-state index in [1.807, 2.05) is 19.1 Å². The minimum Gasteiger partial charge on any atom is -0.352 e. The minimum absolute atomic E-state index is 0.0474. The highest BCUT2D eigenvalue weighted by molar-refractivity contribution is 9.10. The number of halogens is 3. The van der Waals surface area contributed by atoms with Gasteiger partial charge in [0.15, 0.2) is 0 Å². The number of aromatic nitrogens is 2. The Kier molecular flexibility index (Phi) is 7.00. The molecule has 1 amide bonds. The van der Waals surface area contributed by atoms with E-state index in [4.69, 9.17) is 0 Å². The van der Waals surface area contributed by atoms with E-state index in [1.54, 1.807) is 30.7 Å². The maximum absolute atomic E-state index is 13.3. The third kappa shape index (κ3) is 4.74. The summed E-state index contributed by atoms with van der Waals surface area (Å²) in [7, 11) is 0. The number of nitrogens with one attached hydrogen (secondary N) is 1. The number of amides is 1. The highest BCUT2D eigenvalue weighted by Crippen LogP contribution is 2.29. The average Bonchev–Trinajstić information content (AvgIpc) is 2.74. The molecule has 1 unspecified atom stereocenters. The highest BCUT2D eigenvalue weighted by Gasteiger charge is 2.22. The topological polar surface area (TPSA) is 64.0 Å². The summed E-state index contributed by atoms with van der Waals surface area (Å²) < 4.78 is 29.2. The lowest BCUT2D eigenvalue weighted by atomic mass is 9.98. The average molecular weight is 490 g/mol. The van der Waals surface area contributed by atoms with Crippen molar-refractivity contribution in [1.82, 2.24) is 14.9 Å². The van der Waals surface area contributed by atoms with E-state index in [1.165, 1.54) is 24.4 Å². The predicted octanol–water partition coefficient (Wildman–Crippen LogP) is 5.28. The lowest BCUT2D eigenvalue weighted by Crippen LogP contribution is -2.31. The Hall–Kier alpha value is -2.87. The van der Waals surface area contributed by atoms with Crippen LogP contribution in [0.1, 0.15) is 53.6 Å². The van der Waals surface area contributed by atoms with Gasteiger partial charge in [-0.1, -0.05) is 18.2 Å². The largest absolute Gasteiger partial charge is 0.352 e. The van der Waals surface area contributed by atoms with Gasteiger partial charge in [-0.25, -0.2) is 8.78 Å². The molecule has 162 valence electrons. The molecule has 0 aliphatic heterocycles. The molecule has 8 heteroatoms.